The summed E-state index contributed by atoms with van der Waals surface area (Å²) >= 11 is 0. The minimum absolute atomic E-state index is 0.299. The number of benzene rings is 1. The van der Waals surface area contributed by atoms with Crippen molar-refractivity contribution in [2.75, 3.05) is 13.1 Å². The van der Waals surface area contributed by atoms with Crippen molar-refractivity contribution in [2.24, 2.45) is 0 Å². The van der Waals surface area contributed by atoms with Gasteiger partial charge in [0.25, 0.3) is 0 Å². The summed E-state index contributed by atoms with van der Waals surface area (Å²) < 4.78 is 0. The molecule has 22 heavy (non-hydrogen) atoms. The van der Waals surface area contributed by atoms with Crippen molar-refractivity contribution >= 4 is 22.4 Å². The molecule has 0 fully saturated rings. The fourth-order valence-corrected chi connectivity index (χ4v) is 3.30. The molecule has 1 aliphatic rings. The van der Waals surface area contributed by atoms with Gasteiger partial charge in [-0.25, -0.2) is 0 Å². The van der Waals surface area contributed by atoms with Crippen molar-refractivity contribution in [1.82, 2.24) is 9.88 Å². The van der Waals surface area contributed by atoms with E-state index in [9.17, 15) is 4.79 Å². The molecule has 1 amide bonds. The van der Waals surface area contributed by atoms with Gasteiger partial charge in [-0.3, -0.25) is 4.79 Å². The maximum absolute atomic E-state index is 12.1. The first kappa shape index (κ1) is 14.9. The first-order valence-corrected chi connectivity index (χ1v) is 8.25. The first-order chi connectivity index (χ1) is 10.7. The molecule has 0 saturated heterocycles. The van der Waals surface area contributed by atoms with E-state index in [1.165, 1.54) is 27.7 Å². The second-order valence-corrected chi connectivity index (χ2v) is 6.09. The van der Waals surface area contributed by atoms with Gasteiger partial charge in [0.15, 0.2) is 0 Å². The lowest BCUT2D eigenvalue weighted by Crippen LogP contribution is -2.34. The number of fused-ring (bicyclic) bond motifs is 1. The number of para-hydroxylation sites is 1. The Balaban J connectivity index is 1.80. The van der Waals surface area contributed by atoms with Crippen LogP contribution in [0.25, 0.3) is 16.5 Å². The van der Waals surface area contributed by atoms with Gasteiger partial charge in [-0.1, -0.05) is 37.6 Å². The summed E-state index contributed by atoms with van der Waals surface area (Å²) in [6.07, 6.45) is 5.94. The number of carbonyl (C=O) groups is 1. The SMILES string of the molecule is CCCCC(=O)N1CC=C(c2c(C)[nH]c3ccccc23)CC1. The van der Waals surface area contributed by atoms with Gasteiger partial charge in [0.1, 0.15) is 0 Å². The number of aryl methyl sites for hydroxylation is 1. The molecule has 0 saturated carbocycles. The number of unbranched alkanes of at least 4 members (excludes halogenated alkanes) is 1. The average molecular weight is 296 g/mol. The van der Waals surface area contributed by atoms with Crippen LogP contribution in [0, 0.1) is 6.92 Å². The zero-order chi connectivity index (χ0) is 15.5. The van der Waals surface area contributed by atoms with Crippen LogP contribution in [0.5, 0.6) is 0 Å². The highest BCUT2D eigenvalue weighted by Gasteiger charge is 2.20. The van der Waals surface area contributed by atoms with Gasteiger partial charge in [-0.15, -0.1) is 0 Å². The molecule has 2 heterocycles. The maximum Gasteiger partial charge on any atom is 0.222 e. The minimum atomic E-state index is 0.299. The molecule has 0 unspecified atom stereocenters. The predicted molar refractivity (Wildman–Crippen MR) is 91.7 cm³/mol. The summed E-state index contributed by atoms with van der Waals surface area (Å²) in [5.41, 5.74) is 5.11. The lowest BCUT2D eigenvalue weighted by atomic mass is 9.96. The molecule has 1 aliphatic heterocycles. The Morgan fingerprint density at radius 2 is 2.14 bits per heavy atom. The predicted octanol–water partition coefficient (Wildman–Crippen LogP) is 4.28. The summed E-state index contributed by atoms with van der Waals surface area (Å²) in [6.45, 7) is 5.85. The molecular weight excluding hydrogens is 272 g/mol. The number of nitrogens with zero attached hydrogens (tertiary/aromatic N) is 1. The summed E-state index contributed by atoms with van der Waals surface area (Å²) in [5.74, 6) is 0.299. The van der Waals surface area contributed by atoms with Gasteiger partial charge in [-0.05, 0) is 31.4 Å². The van der Waals surface area contributed by atoms with E-state index in [1.807, 2.05) is 4.90 Å². The number of rotatable bonds is 4. The van der Waals surface area contributed by atoms with Crippen molar-refractivity contribution in [1.29, 1.82) is 0 Å². The highest BCUT2D eigenvalue weighted by atomic mass is 16.2. The van der Waals surface area contributed by atoms with Crippen molar-refractivity contribution in [3.05, 3.63) is 41.6 Å². The Morgan fingerprint density at radius 3 is 2.86 bits per heavy atom. The van der Waals surface area contributed by atoms with E-state index in [0.29, 0.717) is 12.3 Å². The fraction of sp³-hybridized carbons (Fsp3) is 0.421. The van der Waals surface area contributed by atoms with E-state index in [0.717, 1.165) is 32.4 Å². The highest BCUT2D eigenvalue weighted by Crippen LogP contribution is 2.32. The summed E-state index contributed by atoms with van der Waals surface area (Å²) in [4.78, 5) is 17.6. The van der Waals surface area contributed by atoms with E-state index in [2.05, 4.69) is 49.2 Å². The van der Waals surface area contributed by atoms with Gasteiger partial charge in [0.05, 0.1) is 0 Å². The quantitative estimate of drug-likeness (QED) is 0.898. The number of nitrogens with one attached hydrogen (secondary N) is 1. The number of hydrogen-bond donors (Lipinski definition) is 1. The number of carbonyl (C=O) groups excluding carboxylic acids is 1. The second-order valence-electron chi connectivity index (χ2n) is 6.09. The zero-order valence-corrected chi connectivity index (χ0v) is 13.5. The first-order valence-electron chi connectivity index (χ1n) is 8.25. The molecule has 0 spiro atoms. The van der Waals surface area contributed by atoms with Gasteiger partial charge < -0.3 is 9.88 Å². The Labute approximate surface area is 132 Å². The molecule has 3 heteroatoms. The standard InChI is InChI=1S/C19H24N2O/c1-3-4-9-18(22)21-12-10-15(11-13-21)19-14(2)20-17-8-6-5-7-16(17)19/h5-8,10,20H,3-4,9,11-13H2,1-2H3. The third kappa shape index (κ3) is 2.80. The van der Waals surface area contributed by atoms with Gasteiger partial charge >= 0.3 is 0 Å². The average Bonchev–Trinajstić information content (AvgIpc) is 2.88. The minimum Gasteiger partial charge on any atom is -0.358 e. The Morgan fingerprint density at radius 1 is 1.32 bits per heavy atom. The number of amides is 1. The van der Waals surface area contributed by atoms with Crippen LogP contribution in [-0.2, 0) is 4.79 Å². The molecule has 0 radical (unpaired) electrons. The van der Waals surface area contributed by atoms with Crippen molar-refractivity contribution < 1.29 is 4.79 Å². The molecule has 0 bridgehead atoms. The molecule has 1 N–H and O–H groups in total. The molecule has 0 aliphatic carbocycles. The van der Waals surface area contributed by atoms with Crippen LogP contribution in [0.2, 0.25) is 0 Å². The smallest absolute Gasteiger partial charge is 0.222 e. The van der Waals surface area contributed by atoms with E-state index in [1.54, 1.807) is 0 Å². The van der Waals surface area contributed by atoms with E-state index < -0.39 is 0 Å². The third-order valence-corrected chi connectivity index (χ3v) is 4.52. The molecule has 3 nitrogen and oxygen atoms in total. The normalized spacial score (nSPS) is 15.2. The molecular formula is C19H24N2O. The van der Waals surface area contributed by atoms with E-state index in [4.69, 9.17) is 0 Å². The van der Waals surface area contributed by atoms with Gasteiger partial charge in [0.2, 0.25) is 5.91 Å². The lowest BCUT2D eigenvalue weighted by molar-refractivity contribution is -0.130. The van der Waals surface area contributed by atoms with E-state index in [-0.39, 0.29) is 0 Å². The molecule has 1 aromatic carbocycles. The maximum atomic E-state index is 12.1. The van der Waals surface area contributed by atoms with Crippen LogP contribution >= 0.6 is 0 Å². The highest BCUT2D eigenvalue weighted by molar-refractivity contribution is 5.94. The van der Waals surface area contributed by atoms with Crippen LogP contribution in [0.1, 0.15) is 43.9 Å². The van der Waals surface area contributed by atoms with Gasteiger partial charge in [0, 0.05) is 41.7 Å². The number of aromatic amines is 1. The van der Waals surface area contributed by atoms with Crippen molar-refractivity contribution in [2.45, 2.75) is 39.5 Å². The van der Waals surface area contributed by atoms with Gasteiger partial charge in [-0.2, -0.15) is 0 Å². The lowest BCUT2D eigenvalue weighted by Gasteiger charge is -2.27. The van der Waals surface area contributed by atoms with Crippen molar-refractivity contribution in [3.63, 3.8) is 0 Å². The van der Waals surface area contributed by atoms with Crippen molar-refractivity contribution in [3.8, 4) is 0 Å². The van der Waals surface area contributed by atoms with Crippen LogP contribution in [0.15, 0.2) is 30.3 Å². The fourth-order valence-electron chi connectivity index (χ4n) is 3.30. The Hall–Kier alpha value is -2.03. The Kier molecular flexibility index (Phi) is 4.32. The summed E-state index contributed by atoms with van der Waals surface area (Å²) in [5, 5.41) is 1.29. The van der Waals surface area contributed by atoms with E-state index >= 15 is 0 Å². The van der Waals surface area contributed by atoms with Crippen LogP contribution in [0.3, 0.4) is 0 Å². The monoisotopic (exact) mass is 296 g/mol. The Bertz CT molecular complexity index is 711. The summed E-state index contributed by atoms with van der Waals surface area (Å²) in [6, 6.07) is 8.44. The summed E-state index contributed by atoms with van der Waals surface area (Å²) in [7, 11) is 0. The molecule has 116 valence electrons. The second kappa shape index (κ2) is 6.39. The number of aromatic nitrogens is 1. The van der Waals surface area contributed by atoms with Crippen LogP contribution in [0.4, 0.5) is 0 Å². The largest absolute Gasteiger partial charge is 0.358 e. The zero-order valence-electron chi connectivity index (χ0n) is 13.5. The number of H-pyrrole nitrogens is 1. The molecule has 3 rings (SSSR count). The van der Waals surface area contributed by atoms with Crippen LogP contribution in [-0.4, -0.2) is 28.9 Å². The van der Waals surface area contributed by atoms with Crippen LogP contribution < -0.4 is 0 Å². The molecule has 1 aromatic heterocycles. The molecule has 2 aromatic rings. The topological polar surface area (TPSA) is 36.1 Å². The third-order valence-electron chi connectivity index (χ3n) is 4.52. The number of hydrogen-bond acceptors (Lipinski definition) is 1. The molecule has 0 atom stereocenters.